The van der Waals surface area contributed by atoms with Crippen molar-refractivity contribution in [2.75, 3.05) is 36.8 Å². The van der Waals surface area contributed by atoms with Gasteiger partial charge in [-0.3, -0.25) is 0 Å². The van der Waals surface area contributed by atoms with E-state index in [1.165, 1.54) is 24.3 Å². The van der Waals surface area contributed by atoms with Gasteiger partial charge in [-0.2, -0.15) is 0 Å². The van der Waals surface area contributed by atoms with Crippen LogP contribution in [-0.4, -0.2) is 45.8 Å². The van der Waals surface area contributed by atoms with Crippen molar-refractivity contribution in [3.63, 3.8) is 0 Å². The number of nitrogens with zero attached hydrogens (tertiary/aromatic N) is 1. The lowest BCUT2D eigenvalue weighted by Crippen LogP contribution is -2.44. The number of carbonyl (C=O) groups excluding carboxylic acids is 1. The third-order valence-electron chi connectivity index (χ3n) is 4.02. The smallest absolute Gasteiger partial charge is 0.323 e. The van der Waals surface area contributed by atoms with Crippen molar-refractivity contribution in [3.05, 3.63) is 46.2 Å². The third kappa shape index (κ3) is 4.56. The SMILES string of the molecule is O=C(Nc1ccc(Cl)c(S(=O)N2CCNCC2)c1O)Nc1cccc(F)c1Cl. The summed E-state index contributed by atoms with van der Waals surface area (Å²) in [6.45, 7) is 2.38. The Hall–Kier alpha value is -1.91. The molecule has 28 heavy (non-hydrogen) atoms. The second-order valence-corrected chi connectivity index (χ2v) is 8.09. The van der Waals surface area contributed by atoms with E-state index in [0.717, 1.165) is 6.07 Å². The number of phenols is 1. The molecule has 4 N–H and O–H groups in total. The Morgan fingerprint density at radius 1 is 1.14 bits per heavy atom. The van der Waals surface area contributed by atoms with E-state index in [4.69, 9.17) is 23.2 Å². The second kappa shape index (κ2) is 9.06. The topological polar surface area (TPSA) is 93.7 Å². The van der Waals surface area contributed by atoms with Crippen LogP contribution >= 0.6 is 23.2 Å². The number of hydrogen-bond donors (Lipinski definition) is 4. The Kier molecular flexibility index (Phi) is 6.73. The second-order valence-electron chi connectivity index (χ2n) is 5.88. The van der Waals surface area contributed by atoms with Gasteiger partial charge in [-0.25, -0.2) is 17.7 Å². The summed E-state index contributed by atoms with van der Waals surface area (Å²) in [4.78, 5) is 12.2. The van der Waals surface area contributed by atoms with Crippen LogP contribution in [0.2, 0.25) is 10.0 Å². The molecule has 1 heterocycles. The van der Waals surface area contributed by atoms with Crippen LogP contribution in [0.3, 0.4) is 0 Å². The Bertz CT molecular complexity index is 926. The number of halogens is 3. The van der Waals surface area contributed by atoms with Crippen LogP contribution in [0.1, 0.15) is 0 Å². The highest BCUT2D eigenvalue weighted by molar-refractivity contribution is 7.83. The summed E-state index contributed by atoms with van der Waals surface area (Å²) in [7, 11) is -1.69. The molecule has 0 aromatic heterocycles. The van der Waals surface area contributed by atoms with Gasteiger partial charge >= 0.3 is 6.03 Å². The normalized spacial score (nSPS) is 15.8. The first-order valence-corrected chi connectivity index (χ1v) is 10.2. The highest BCUT2D eigenvalue weighted by Gasteiger charge is 2.25. The molecule has 11 heteroatoms. The monoisotopic (exact) mass is 446 g/mol. The molecule has 0 bridgehead atoms. The molecule has 0 radical (unpaired) electrons. The minimum atomic E-state index is -1.69. The molecule has 1 saturated heterocycles. The number of carbonyl (C=O) groups is 1. The molecule has 0 spiro atoms. The number of piperazine rings is 1. The largest absolute Gasteiger partial charge is 0.504 e. The lowest BCUT2D eigenvalue weighted by molar-refractivity contribution is 0.262. The molecule has 1 fully saturated rings. The molecule has 2 aromatic carbocycles. The maximum atomic E-state index is 13.5. The Morgan fingerprint density at radius 3 is 2.54 bits per heavy atom. The average Bonchev–Trinajstić information content (AvgIpc) is 2.68. The number of amides is 2. The Morgan fingerprint density at radius 2 is 1.82 bits per heavy atom. The quantitative estimate of drug-likeness (QED) is 0.541. The number of benzene rings is 2. The summed E-state index contributed by atoms with van der Waals surface area (Å²) >= 11 is 11.9. The van der Waals surface area contributed by atoms with Gasteiger partial charge in [0.15, 0.2) is 5.75 Å². The highest BCUT2D eigenvalue weighted by Crippen LogP contribution is 2.37. The Balaban J connectivity index is 1.80. The van der Waals surface area contributed by atoms with E-state index in [-0.39, 0.29) is 26.3 Å². The van der Waals surface area contributed by atoms with Crippen LogP contribution in [0.5, 0.6) is 5.75 Å². The average molecular weight is 447 g/mol. The molecule has 7 nitrogen and oxygen atoms in total. The molecule has 3 rings (SSSR count). The zero-order chi connectivity index (χ0) is 20.3. The minimum Gasteiger partial charge on any atom is -0.504 e. The van der Waals surface area contributed by atoms with Crippen LogP contribution in [-0.2, 0) is 11.0 Å². The number of phenolic OH excluding ortho intramolecular Hbond substituents is 1. The zero-order valence-corrected chi connectivity index (χ0v) is 16.8. The molecular weight excluding hydrogens is 430 g/mol. The van der Waals surface area contributed by atoms with E-state index < -0.39 is 28.6 Å². The van der Waals surface area contributed by atoms with Crippen LogP contribution in [0, 0.1) is 5.82 Å². The molecule has 1 unspecified atom stereocenters. The van der Waals surface area contributed by atoms with Crippen molar-refractivity contribution in [2.24, 2.45) is 0 Å². The van der Waals surface area contributed by atoms with Crippen LogP contribution in [0.4, 0.5) is 20.6 Å². The molecule has 1 aliphatic rings. The molecule has 0 saturated carbocycles. The Labute approximate surface area is 173 Å². The molecule has 150 valence electrons. The van der Waals surface area contributed by atoms with Crippen LogP contribution < -0.4 is 16.0 Å². The molecule has 1 aliphatic heterocycles. The van der Waals surface area contributed by atoms with Gasteiger partial charge in [-0.1, -0.05) is 29.3 Å². The molecule has 2 amide bonds. The molecule has 2 aromatic rings. The first kappa shape index (κ1) is 20.8. The van der Waals surface area contributed by atoms with E-state index in [1.807, 2.05) is 0 Å². The molecule has 1 atom stereocenters. The van der Waals surface area contributed by atoms with E-state index in [2.05, 4.69) is 16.0 Å². The lowest BCUT2D eigenvalue weighted by Gasteiger charge is -2.26. The zero-order valence-electron chi connectivity index (χ0n) is 14.5. The minimum absolute atomic E-state index is 0.00732. The number of hydrogen-bond acceptors (Lipinski definition) is 4. The van der Waals surface area contributed by atoms with Gasteiger partial charge in [0.2, 0.25) is 0 Å². The summed E-state index contributed by atoms with van der Waals surface area (Å²) < 4.78 is 28.0. The molecule has 0 aliphatic carbocycles. The summed E-state index contributed by atoms with van der Waals surface area (Å²) in [5.74, 6) is -1.08. The van der Waals surface area contributed by atoms with Gasteiger partial charge in [-0.15, -0.1) is 0 Å². The van der Waals surface area contributed by atoms with Gasteiger partial charge in [0, 0.05) is 26.2 Å². The van der Waals surface area contributed by atoms with Crippen molar-refractivity contribution in [2.45, 2.75) is 4.90 Å². The van der Waals surface area contributed by atoms with Gasteiger partial charge in [0.05, 0.1) is 21.4 Å². The fraction of sp³-hybridized carbons (Fsp3) is 0.235. The van der Waals surface area contributed by atoms with E-state index in [0.29, 0.717) is 26.2 Å². The maximum Gasteiger partial charge on any atom is 0.323 e. The van der Waals surface area contributed by atoms with E-state index in [1.54, 1.807) is 4.31 Å². The van der Waals surface area contributed by atoms with Crippen LogP contribution in [0.25, 0.3) is 0 Å². The molecular formula is C17H17Cl2FN4O3S. The summed E-state index contributed by atoms with van der Waals surface area (Å²) in [5.41, 5.74) is 0.0742. The number of aromatic hydroxyl groups is 1. The van der Waals surface area contributed by atoms with Crippen molar-refractivity contribution < 1.29 is 18.5 Å². The number of urea groups is 1. The van der Waals surface area contributed by atoms with Crippen molar-refractivity contribution in [3.8, 4) is 5.75 Å². The maximum absolute atomic E-state index is 13.5. The van der Waals surface area contributed by atoms with Gasteiger partial charge in [0.1, 0.15) is 21.7 Å². The van der Waals surface area contributed by atoms with Crippen molar-refractivity contribution in [1.29, 1.82) is 0 Å². The first-order valence-electron chi connectivity index (χ1n) is 8.29. The summed E-state index contributed by atoms with van der Waals surface area (Å²) in [6.07, 6.45) is 0. The van der Waals surface area contributed by atoms with Gasteiger partial charge in [0.25, 0.3) is 0 Å². The van der Waals surface area contributed by atoms with Crippen molar-refractivity contribution in [1.82, 2.24) is 9.62 Å². The third-order valence-corrected chi connectivity index (χ3v) is 6.42. The van der Waals surface area contributed by atoms with E-state index >= 15 is 0 Å². The fourth-order valence-electron chi connectivity index (χ4n) is 2.63. The lowest BCUT2D eigenvalue weighted by atomic mass is 10.3. The van der Waals surface area contributed by atoms with Gasteiger partial charge < -0.3 is 21.1 Å². The number of nitrogens with one attached hydrogen (secondary N) is 3. The number of rotatable bonds is 4. The van der Waals surface area contributed by atoms with E-state index in [9.17, 15) is 18.5 Å². The standard InChI is InChI=1S/C17H17Cl2FN4O3S/c18-10-4-5-13(15(25)16(10)28(27)24-8-6-21-7-9-24)23-17(26)22-12-3-1-2-11(20)14(12)19/h1-5,21,25H,6-9H2,(H2,22,23,26). The van der Waals surface area contributed by atoms with Gasteiger partial charge in [-0.05, 0) is 24.3 Å². The predicted octanol–water partition coefficient (Wildman–Crippen LogP) is 3.41. The van der Waals surface area contributed by atoms with Crippen LogP contribution in [0.15, 0.2) is 35.2 Å². The number of anilines is 2. The predicted molar refractivity (Wildman–Crippen MR) is 108 cm³/mol. The summed E-state index contributed by atoms with van der Waals surface area (Å²) in [5, 5.41) is 18.4. The summed E-state index contributed by atoms with van der Waals surface area (Å²) in [6, 6.07) is 6.03. The van der Waals surface area contributed by atoms with Crippen molar-refractivity contribution >= 4 is 51.6 Å². The first-order chi connectivity index (χ1) is 13.4. The fourth-order valence-corrected chi connectivity index (χ4v) is 4.44. The highest BCUT2D eigenvalue weighted by atomic mass is 35.5.